The summed E-state index contributed by atoms with van der Waals surface area (Å²) in [6.45, 7) is 2.30. The second-order valence-electron chi connectivity index (χ2n) is 4.95. The number of carbonyl (C=O) groups is 1. The highest BCUT2D eigenvalue weighted by molar-refractivity contribution is 14.0. The monoisotopic (exact) mass is 402 g/mol. The van der Waals surface area contributed by atoms with Gasteiger partial charge in [0.1, 0.15) is 0 Å². The minimum absolute atomic E-state index is 0. The minimum atomic E-state index is -0.0722. The van der Waals surface area contributed by atoms with Crippen molar-refractivity contribution in [1.82, 2.24) is 10.6 Å². The van der Waals surface area contributed by atoms with Crippen molar-refractivity contribution < 1.29 is 4.79 Å². The van der Waals surface area contributed by atoms with Gasteiger partial charge in [0, 0.05) is 18.8 Å². The Morgan fingerprint density at radius 3 is 2.76 bits per heavy atom. The number of nitrogens with zero attached hydrogens (tertiary/aromatic N) is 1. The number of nitrogens with one attached hydrogen (secondary N) is 3. The van der Waals surface area contributed by atoms with E-state index in [1.54, 1.807) is 7.05 Å². The van der Waals surface area contributed by atoms with E-state index in [1.165, 1.54) is 18.4 Å². The van der Waals surface area contributed by atoms with Crippen LogP contribution in [0.15, 0.2) is 29.3 Å². The molecule has 5 nitrogen and oxygen atoms in total. The fraction of sp³-hybridized carbons (Fsp3) is 0.467. The first-order chi connectivity index (χ1) is 9.71. The highest BCUT2D eigenvalue weighted by Crippen LogP contribution is 2.18. The Balaban J connectivity index is 0.00000220. The van der Waals surface area contributed by atoms with Crippen molar-refractivity contribution in [3.63, 3.8) is 0 Å². The van der Waals surface area contributed by atoms with Crippen molar-refractivity contribution in [2.24, 2.45) is 4.99 Å². The van der Waals surface area contributed by atoms with Crippen molar-refractivity contribution in [2.45, 2.75) is 32.2 Å². The van der Waals surface area contributed by atoms with Gasteiger partial charge in [-0.05, 0) is 37.0 Å². The molecule has 0 aliphatic heterocycles. The molecular formula is C15H23IN4O. The molecule has 0 radical (unpaired) electrons. The first-order valence-corrected chi connectivity index (χ1v) is 7.07. The lowest BCUT2D eigenvalue weighted by Crippen LogP contribution is -2.42. The van der Waals surface area contributed by atoms with E-state index in [2.05, 4.69) is 33.9 Å². The Kier molecular flexibility index (Phi) is 7.49. The zero-order valence-electron chi connectivity index (χ0n) is 12.5. The normalized spacial score (nSPS) is 14.1. The van der Waals surface area contributed by atoms with E-state index in [0.29, 0.717) is 12.0 Å². The Bertz CT molecular complexity index is 500. The predicted octanol–water partition coefficient (Wildman–Crippen LogP) is 2.13. The van der Waals surface area contributed by atoms with Crippen LogP contribution in [-0.4, -0.2) is 31.5 Å². The van der Waals surface area contributed by atoms with E-state index in [1.807, 2.05) is 18.2 Å². The summed E-state index contributed by atoms with van der Waals surface area (Å²) < 4.78 is 0. The molecule has 1 amide bonds. The van der Waals surface area contributed by atoms with E-state index < -0.39 is 0 Å². The SMILES string of the molecule is CCc1cccc(NC(=O)CNC(=NC)NC2CC2)c1.I. The molecule has 116 valence electrons. The summed E-state index contributed by atoms with van der Waals surface area (Å²) in [6.07, 6.45) is 3.31. The van der Waals surface area contributed by atoms with Crippen LogP contribution in [0.4, 0.5) is 5.69 Å². The average Bonchev–Trinajstić information content (AvgIpc) is 3.27. The maximum atomic E-state index is 11.9. The van der Waals surface area contributed by atoms with Gasteiger partial charge in [0.05, 0.1) is 6.54 Å². The molecule has 0 bridgehead atoms. The molecular weight excluding hydrogens is 379 g/mol. The smallest absolute Gasteiger partial charge is 0.243 e. The number of guanidine groups is 1. The molecule has 0 heterocycles. The third-order valence-corrected chi connectivity index (χ3v) is 3.18. The van der Waals surface area contributed by atoms with Crippen LogP contribution in [0.25, 0.3) is 0 Å². The minimum Gasteiger partial charge on any atom is -0.354 e. The van der Waals surface area contributed by atoms with Gasteiger partial charge in [-0.25, -0.2) is 0 Å². The molecule has 1 aliphatic rings. The van der Waals surface area contributed by atoms with E-state index in [-0.39, 0.29) is 36.4 Å². The predicted molar refractivity (Wildman–Crippen MR) is 97.4 cm³/mol. The average molecular weight is 402 g/mol. The Labute approximate surface area is 143 Å². The van der Waals surface area contributed by atoms with Gasteiger partial charge in [-0.2, -0.15) is 0 Å². The van der Waals surface area contributed by atoms with Crippen molar-refractivity contribution in [1.29, 1.82) is 0 Å². The number of hydrogen-bond acceptors (Lipinski definition) is 2. The molecule has 0 aromatic heterocycles. The summed E-state index contributed by atoms with van der Waals surface area (Å²) in [5.74, 6) is 0.613. The third kappa shape index (κ3) is 6.33. The van der Waals surface area contributed by atoms with E-state index in [0.717, 1.165) is 12.1 Å². The van der Waals surface area contributed by atoms with Crippen LogP contribution in [0.1, 0.15) is 25.3 Å². The van der Waals surface area contributed by atoms with E-state index in [9.17, 15) is 4.79 Å². The van der Waals surface area contributed by atoms with Crippen LogP contribution < -0.4 is 16.0 Å². The molecule has 3 N–H and O–H groups in total. The number of hydrogen-bond donors (Lipinski definition) is 3. The van der Waals surface area contributed by atoms with Crippen LogP contribution in [0, 0.1) is 0 Å². The third-order valence-electron chi connectivity index (χ3n) is 3.18. The van der Waals surface area contributed by atoms with Gasteiger partial charge in [-0.3, -0.25) is 9.79 Å². The summed E-state index contributed by atoms with van der Waals surface area (Å²) in [5, 5.41) is 9.13. The summed E-state index contributed by atoms with van der Waals surface area (Å²) in [4.78, 5) is 16.0. The second-order valence-corrected chi connectivity index (χ2v) is 4.95. The molecule has 1 aromatic carbocycles. The van der Waals surface area contributed by atoms with E-state index in [4.69, 9.17) is 0 Å². The standard InChI is InChI=1S/C15H22N4O.HI/c1-3-11-5-4-6-13(9-11)18-14(20)10-17-15(16-2)19-12-7-8-12;/h4-6,9,12H,3,7-8,10H2,1-2H3,(H,18,20)(H2,16,17,19);1H. The Morgan fingerprint density at radius 1 is 1.38 bits per heavy atom. The summed E-state index contributed by atoms with van der Waals surface area (Å²) in [6, 6.07) is 8.42. The maximum absolute atomic E-state index is 11.9. The van der Waals surface area contributed by atoms with Crippen LogP contribution in [0.5, 0.6) is 0 Å². The molecule has 0 spiro atoms. The largest absolute Gasteiger partial charge is 0.354 e. The topological polar surface area (TPSA) is 65.5 Å². The molecule has 1 aromatic rings. The van der Waals surface area contributed by atoms with Gasteiger partial charge in [-0.15, -0.1) is 24.0 Å². The zero-order valence-corrected chi connectivity index (χ0v) is 14.8. The molecule has 1 saturated carbocycles. The number of anilines is 1. The summed E-state index contributed by atoms with van der Waals surface area (Å²) in [7, 11) is 1.71. The first kappa shape index (κ1) is 17.7. The van der Waals surface area contributed by atoms with Crippen molar-refractivity contribution >= 4 is 41.5 Å². The highest BCUT2D eigenvalue weighted by atomic mass is 127. The number of carbonyl (C=O) groups excluding carboxylic acids is 1. The summed E-state index contributed by atoms with van der Waals surface area (Å²) >= 11 is 0. The lowest BCUT2D eigenvalue weighted by Gasteiger charge is -2.11. The molecule has 0 atom stereocenters. The van der Waals surface area contributed by atoms with Crippen LogP contribution in [0.3, 0.4) is 0 Å². The Hall–Kier alpha value is -1.31. The lowest BCUT2D eigenvalue weighted by molar-refractivity contribution is -0.115. The van der Waals surface area contributed by atoms with Gasteiger partial charge in [-0.1, -0.05) is 19.1 Å². The quantitative estimate of drug-likeness (QED) is 0.402. The molecule has 2 rings (SSSR count). The molecule has 21 heavy (non-hydrogen) atoms. The molecule has 1 fully saturated rings. The van der Waals surface area contributed by atoms with Crippen LogP contribution in [-0.2, 0) is 11.2 Å². The number of halogens is 1. The van der Waals surface area contributed by atoms with Gasteiger partial charge in [0.15, 0.2) is 5.96 Å². The first-order valence-electron chi connectivity index (χ1n) is 7.07. The number of benzene rings is 1. The number of aryl methyl sites for hydroxylation is 1. The number of aliphatic imine (C=N–C) groups is 1. The van der Waals surface area contributed by atoms with Gasteiger partial charge in [0.2, 0.25) is 5.91 Å². The number of amides is 1. The summed E-state index contributed by atoms with van der Waals surface area (Å²) in [5.41, 5.74) is 2.04. The highest BCUT2D eigenvalue weighted by Gasteiger charge is 2.22. The van der Waals surface area contributed by atoms with Crippen LogP contribution in [0.2, 0.25) is 0 Å². The van der Waals surface area contributed by atoms with Gasteiger partial charge < -0.3 is 16.0 Å². The van der Waals surface area contributed by atoms with Crippen LogP contribution >= 0.6 is 24.0 Å². The molecule has 1 aliphatic carbocycles. The number of rotatable bonds is 5. The van der Waals surface area contributed by atoms with Crippen molar-refractivity contribution in [2.75, 3.05) is 18.9 Å². The van der Waals surface area contributed by atoms with E-state index >= 15 is 0 Å². The Morgan fingerprint density at radius 2 is 2.14 bits per heavy atom. The molecule has 0 saturated heterocycles. The molecule has 0 unspecified atom stereocenters. The second kappa shape index (κ2) is 8.86. The maximum Gasteiger partial charge on any atom is 0.243 e. The molecule has 6 heteroatoms. The fourth-order valence-electron chi connectivity index (χ4n) is 1.85. The van der Waals surface area contributed by atoms with Gasteiger partial charge in [0.25, 0.3) is 0 Å². The fourth-order valence-corrected chi connectivity index (χ4v) is 1.85. The van der Waals surface area contributed by atoms with Crippen molar-refractivity contribution in [3.8, 4) is 0 Å². The zero-order chi connectivity index (χ0) is 14.4. The van der Waals surface area contributed by atoms with Gasteiger partial charge >= 0.3 is 0 Å². The van der Waals surface area contributed by atoms with Crippen molar-refractivity contribution in [3.05, 3.63) is 29.8 Å². The lowest BCUT2D eigenvalue weighted by atomic mass is 10.1.